The molecular weight excluding hydrogens is 427 g/mol. The highest BCUT2D eigenvalue weighted by molar-refractivity contribution is 6.42. The van der Waals surface area contributed by atoms with Gasteiger partial charge in [-0.15, -0.1) is 0 Å². The number of nitrogens with one attached hydrogen (secondary N) is 1. The summed E-state index contributed by atoms with van der Waals surface area (Å²) in [5, 5.41) is 13.7. The fourth-order valence-electron chi connectivity index (χ4n) is 3.60. The number of hydrogen-bond donors (Lipinski definition) is 2. The Balaban J connectivity index is 1.52. The number of likely N-dealkylation sites (tertiary alicyclic amines) is 1. The Labute approximate surface area is 186 Å². The van der Waals surface area contributed by atoms with Crippen molar-refractivity contribution in [3.63, 3.8) is 0 Å². The molecule has 0 saturated carbocycles. The fraction of sp³-hybridized carbons (Fsp3) is 0.409. The van der Waals surface area contributed by atoms with E-state index in [-0.39, 0.29) is 0 Å². The van der Waals surface area contributed by atoms with Gasteiger partial charge < -0.3 is 19.9 Å². The van der Waals surface area contributed by atoms with E-state index in [0.29, 0.717) is 34.1 Å². The van der Waals surface area contributed by atoms with Crippen molar-refractivity contribution < 1.29 is 19.4 Å². The second kappa shape index (κ2) is 10.9. The van der Waals surface area contributed by atoms with E-state index in [2.05, 4.69) is 10.2 Å². The minimum atomic E-state index is -1.02. The molecule has 6 nitrogen and oxygen atoms in total. The van der Waals surface area contributed by atoms with Crippen molar-refractivity contribution in [3.05, 3.63) is 57.6 Å². The number of benzene rings is 2. The zero-order valence-electron chi connectivity index (χ0n) is 16.9. The van der Waals surface area contributed by atoms with E-state index >= 15 is 0 Å². The standard InChI is InChI=1S/C22H26Cl2N2O4/c1-29-20-4-2-3-16(22(20)30-14-21(27)28)12-25-17-7-9-26(10-8-17)13-15-5-6-18(23)19(24)11-15/h2-6,11,17,25H,7-10,12-14H2,1H3,(H,27,28). The summed E-state index contributed by atoms with van der Waals surface area (Å²) in [6.07, 6.45) is 2.05. The third kappa shape index (κ3) is 6.25. The molecule has 2 N–H and O–H groups in total. The topological polar surface area (TPSA) is 71.0 Å². The largest absolute Gasteiger partial charge is 0.493 e. The molecule has 1 fully saturated rings. The third-order valence-corrected chi connectivity index (χ3v) is 5.92. The molecule has 2 aromatic carbocycles. The summed E-state index contributed by atoms with van der Waals surface area (Å²) in [5.74, 6) is -0.00638. The van der Waals surface area contributed by atoms with Crippen LogP contribution in [-0.2, 0) is 17.9 Å². The van der Waals surface area contributed by atoms with E-state index in [1.165, 1.54) is 0 Å². The highest BCUT2D eigenvalue weighted by Gasteiger charge is 2.20. The lowest BCUT2D eigenvalue weighted by atomic mass is 10.0. The molecule has 0 amide bonds. The highest BCUT2D eigenvalue weighted by Crippen LogP contribution is 2.31. The molecule has 1 aliphatic heterocycles. The second-order valence-electron chi connectivity index (χ2n) is 7.31. The van der Waals surface area contributed by atoms with Crippen molar-refractivity contribution in [3.8, 4) is 11.5 Å². The maximum atomic E-state index is 10.9. The molecular formula is C22H26Cl2N2O4. The van der Waals surface area contributed by atoms with Gasteiger partial charge in [-0.25, -0.2) is 4.79 Å². The molecule has 162 valence electrons. The summed E-state index contributed by atoms with van der Waals surface area (Å²) >= 11 is 12.1. The SMILES string of the molecule is COc1cccc(CNC2CCN(Cc3ccc(Cl)c(Cl)c3)CC2)c1OCC(=O)O. The predicted molar refractivity (Wildman–Crippen MR) is 118 cm³/mol. The Morgan fingerprint density at radius 2 is 1.97 bits per heavy atom. The Morgan fingerprint density at radius 3 is 2.63 bits per heavy atom. The zero-order chi connectivity index (χ0) is 21.5. The van der Waals surface area contributed by atoms with Crippen LogP contribution in [0.4, 0.5) is 0 Å². The average Bonchev–Trinajstić information content (AvgIpc) is 2.74. The molecule has 1 aliphatic rings. The first kappa shape index (κ1) is 22.7. The van der Waals surface area contributed by atoms with Crippen LogP contribution in [0, 0.1) is 0 Å². The maximum Gasteiger partial charge on any atom is 0.341 e. The van der Waals surface area contributed by atoms with Gasteiger partial charge in [0.05, 0.1) is 17.2 Å². The van der Waals surface area contributed by atoms with Gasteiger partial charge in [0.15, 0.2) is 18.1 Å². The number of piperidine rings is 1. The van der Waals surface area contributed by atoms with Gasteiger partial charge in [-0.05, 0) is 49.7 Å². The van der Waals surface area contributed by atoms with Crippen molar-refractivity contribution in [2.45, 2.75) is 32.0 Å². The zero-order valence-corrected chi connectivity index (χ0v) is 18.4. The van der Waals surface area contributed by atoms with Crippen molar-refractivity contribution in [1.82, 2.24) is 10.2 Å². The number of aliphatic carboxylic acids is 1. The fourth-order valence-corrected chi connectivity index (χ4v) is 3.93. The molecule has 1 heterocycles. The van der Waals surface area contributed by atoms with Gasteiger partial charge in [-0.2, -0.15) is 0 Å². The molecule has 8 heteroatoms. The van der Waals surface area contributed by atoms with E-state index < -0.39 is 12.6 Å². The van der Waals surface area contributed by atoms with Gasteiger partial charge in [0, 0.05) is 24.7 Å². The van der Waals surface area contributed by atoms with Crippen molar-refractivity contribution in [2.24, 2.45) is 0 Å². The monoisotopic (exact) mass is 452 g/mol. The smallest absolute Gasteiger partial charge is 0.341 e. The molecule has 0 aliphatic carbocycles. The van der Waals surface area contributed by atoms with Crippen LogP contribution in [-0.4, -0.2) is 48.8 Å². The van der Waals surface area contributed by atoms with Gasteiger partial charge in [0.25, 0.3) is 0 Å². The number of ether oxygens (including phenoxy) is 2. The molecule has 1 saturated heterocycles. The van der Waals surface area contributed by atoms with Crippen LogP contribution in [0.3, 0.4) is 0 Å². The summed E-state index contributed by atoms with van der Waals surface area (Å²) in [7, 11) is 1.55. The van der Waals surface area contributed by atoms with Gasteiger partial charge in [-0.1, -0.05) is 41.4 Å². The molecule has 0 unspecified atom stereocenters. The molecule has 3 rings (SSSR count). The van der Waals surface area contributed by atoms with Gasteiger partial charge in [0.2, 0.25) is 0 Å². The summed E-state index contributed by atoms with van der Waals surface area (Å²) < 4.78 is 10.8. The van der Waals surface area contributed by atoms with Crippen LogP contribution in [0.5, 0.6) is 11.5 Å². The molecule has 30 heavy (non-hydrogen) atoms. The lowest BCUT2D eigenvalue weighted by Gasteiger charge is -2.32. The van der Waals surface area contributed by atoms with Crippen LogP contribution in [0.25, 0.3) is 0 Å². The Hall–Kier alpha value is -1.99. The van der Waals surface area contributed by atoms with E-state index in [0.717, 1.165) is 43.6 Å². The first-order valence-electron chi connectivity index (χ1n) is 9.86. The van der Waals surface area contributed by atoms with Crippen LogP contribution in [0.2, 0.25) is 10.0 Å². The van der Waals surface area contributed by atoms with E-state index in [1.807, 2.05) is 30.3 Å². The number of carboxylic acid groups (broad SMARTS) is 1. The predicted octanol–water partition coefficient (Wildman–Crippen LogP) is 4.22. The number of carbonyl (C=O) groups is 1. The Kier molecular flexibility index (Phi) is 8.22. The number of para-hydroxylation sites is 1. The number of halogens is 2. The number of rotatable bonds is 9. The normalized spacial score (nSPS) is 15.2. The summed E-state index contributed by atoms with van der Waals surface area (Å²) in [6.45, 7) is 3.01. The summed E-state index contributed by atoms with van der Waals surface area (Å²) in [6, 6.07) is 11.7. The highest BCUT2D eigenvalue weighted by atomic mass is 35.5. The average molecular weight is 453 g/mol. The van der Waals surface area contributed by atoms with Gasteiger partial charge in [-0.3, -0.25) is 4.90 Å². The molecule has 0 atom stereocenters. The van der Waals surface area contributed by atoms with Crippen molar-refractivity contribution in [1.29, 1.82) is 0 Å². The molecule has 0 radical (unpaired) electrons. The minimum absolute atomic E-state index is 0.383. The van der Waals surface area contributed by atoms with Crippen molar-refractivity contribution >= 4 is 29.2 Å². The second-order valence-corrected chi connectivity index (χ2v) is 8.13. The number of hydrogen-bond acceptors (Lipinski definition) is 5. The van der Waals surface area contributed by atoms with E-state index in [4.69, 9.17) is 37.8 Å². The first-order valence-corrected chi connectivity index (χ1v) is 10.6. The van der Waals surface area contributed by atoms with Crippen molar-refractivity contribution in [2.75, 3.05) is 26.8 Å². The summed E-state index contributed by atoms with van der Waals surface area (Å²) in [5.41, 5.74) is 2.04. The molecule has 0 bridgehead atoms. The van der Waals surface area contributed by atoms with E-state index in [1.54, 1.807) is 13.2 Å². The first-order chi connectivity index (χ1) is 14.5. The number of carboxylic acids is 1. The maximum absolute atomic E-state index is 10.9. The third-order valence-electron chi connectivity index (χ3n) is 5.18. The Bertz CT molecular complexity index is 870. The Morgan fingerprint density at radius 1 is 1.20 bits per heavy atom. The molecule has 0 spiro atoms. The summed E-state index contributed by atoms with van der Waals surface area (Å²) in [4.78, 5) is 13.3. The van der Waals surface area contributed by atoms with Crippen LogP contribution >= 0.6 is 23.2 Å². The lowest BCUT2D eigenvalue weighted by Crippen LogP contribution is -2.41. The minimum Gasteiger partial charge on any atom is -0.493 e. The lowest BCUT2D eigenvalue weighted by molar-refractivity contribution is -0.139. The van der Waals surface area contributed by atoms with Crippen LogP contribution in [0.1, 0.15) is 24.0 Å². The number of methoxy groups -OCH3 is 1. The molecule has 0 aromatic heterocycles. The number of nitrogens with zero attached hydrogens (tertiary/aromatic N) is 1. The van der Waals surface area contributed by atoms with Crippen LogP contribution in [0.15, 0.2) is 36.4 Å². The van der Waals surface area contributed by atoms with Crippen LogP contribution < -0.4 is 14.8 Å². The molecule has 2 aromatic rings. The van der Waals surface area contributed by atoms with Gasteiger partial charge in [0.1, 0.15) is 0 Å². The quantitative estimate of drug-likeness (QED) is 0.593. The van der Waals surface area contributed by atoms with Gasteiger partial charge >= 0.3 is 5.97 Å². The van der Waals surface area contributed by atoms with E-state index in [9.17, 15) is 4.79 Å².